The monoisotopic (exact) mass is 310 g/mol. The van der Waals surface area contributed by atoms with Crippen LogP contribution in [0.4, 0.5) is 0 Å². The van der Waals surface area contributed by atoms with Gasteiger partial charge < -0.3 is 19.7 Å². The van der Waals surface area contributed by atoms with E-state index in [1.165, 1.54) is 13.3 Å². The first-order chi connectivity index (χ1) is 10.5. The van der Waals surface area contributed by atoms with Gasteiger partial charge in [0.25, 0.3) is 0 Å². The van der Waals surface area contributed by atoms with E-state index in [1.807, 2.05) is 6.92 Å². The number of aliphatic carboxylic acids is 2. The van der Waals surface area contributed by atoms with Gasteiger partial charge in [0.2, 0.25) is 0 Å². The maximum atomic E-state index is 10.7. The minimum Gasteiger partial charge on any atom is -0.493 e. The molecule has 0 amide bonds. The zero-order valence-electron chi connectivity index (χ0n) is 12.4. The van der Waals surface area contributed by atoms with Gasteiger partial charge in [-0.2, -0.15) is 5.10 Å². The van der Waals surface area contributed by atoms with Crippen molar-refractivity contribution in [1.29, 1.82) is 0 Å². The van der Waals surface area contributed by atoms with Gasteiger partial charge in [-0.1, -0.05) is 0 Å². The fraction of sp³-hybridized carbons (Fsp3) is 0.357. The van der Waals surface area contributed by atoms with Crippen LogP contribution in [0.5, 0.6) is 11.5 Å². The third-order valence-corrected chi connectivity index (χ3v) is 2.49. The zero-order valence-corrected chi connectivity index (χ0v) is 12.4. The van der Waals surface area contributed by atoms with Gasteiger partial charge in [0.1, 0.15) is 13.1 Å². The van der Waals surface area contributed by atoms with Crippen molar-refractivity contribution in [1.82, 2.24) is 5.01 Å². The number of carboxylic acid groups (broad SMARTS) is 2. The molecule has 0 aliphatic rings. The maximum Gasteiger partial charge on any atom is 0.324 e. The lowest BCUT2D eigenvalue weighted by Gasteiger charge is -2.14. The molecule has 0 bridgehead atoms. The molecule has 1 aromatic carbocycles. The highest BCUT2D eigenvalue weighted by Crippen LogP contribution is 2.27. The Morgan fingerprint density at radius 3 is 2.36 bits per heavy atom. The van der Waals surface area contributed by atoms with Crippen molar-refractivity contribution >= 4 is 18.2 Å². The fourth-order valence-electron chi connectivity index (χ4n) is 1.64. The van der Waals surface area contributed by atoms with Gasteiger partial charge in [-0.05, 0) is 30.7 Å². The Labute approximate surface area is 127 Å². The van der Waals surface area contributed by atoms with Gasteiger partial charge in [0, 0.05) is 0 Å². The lowest BCUT2D eigenvalue weighted by atomic mass is 10.2. The van der Waals surface area contributed by atoms with E-state index in [9.17, 15) is 9.59 Å². The maximum absolute atomic E-state index is 10.7. The molecule has 0 aliphatic heterocycles. The van der Waals surface area contributed by atoms with Crippen LogP contribution < -0.4 is 9.47 Å². The molecule has 0 aliphatic carbocycles. The van der Waals surface area contributed by atoms with Crippen LogP contribution in [-0.4, -0.2) is 60.2 Å². The van der Waals surface area contributed by atoms with Crippen LogP contribution in [0.3, 0.4) is 0 Å². The number of nitrogens with zero attached hydrogens (tertiary/aromatic N) is 2. The third-order valence-electron chi connectivity index (χ3n) is 2.49. The third kappa shape index (κ3) is 5.70. The summed E-state index contributed by atoms with van der Waals surface area (Å²) >= 11 is 0. The second-order valence-corrected chi connectivity index (χ2v) is 4.20. The highest BCUT2D eigenvalue weighted by Gasteiger charge is 2.11. The fourth-order valence-corrected chi connectivity index (χ4v) is 1.64. The summed E-state index contributed by atoms with van der Waals surface area (Å²) < 4.78 is 10.6. The number of benzene rings is 1. The highest BCUT2D eigenvalue weighted by molar-refractivity contribution is 5.81. The van der Waals surface area contributed by atoms with Gasteiger partial charge in [-0.15, -0.1) is 0 Å². The molecular weight excluding hydrogens is 292 g/mol. The molecule has 8 nitrogen and oxygen atoms in total. The lowest BCUT2D eigenvalue weighted by molar-refractivity contribution is -0.141. The minimum atomic E-state index is -1.16. The zero-order chi connectivity index (χ0) is 16.5. The molecule has 1 rings (SSSR count). The van der Waals surface area contributed by atoms with Crippen molar-refractivity contribution in [3.8, 4) is 11.5 Å². The van der Waals surface area contributed by atoms with E-state index in [0.717, 1.165) is 5.01 Å². The van der Waals surface area contributed by atoms with Gasteiger partial charge in [-0.3, -0.25) is 14.6 Å². The summed E-state index contributed by atoms with van der Waals surface area (Å²) in [6.45, 7) is 1.29. The van der Waals surface area contributed by atoms with Gasteiger partial charge in [0.05, 0.1) is 19.9 Å². The number of methoxy groups -OCH3 is 1. The number of hydrazone groups is 1. The first-order valence-corrected chi connectivity index (χ1v) is 6.49. The van der Waals surface area contributed by atoms with E-state index in [4.69, 9.17) is 19.7 Å². The quantitative estimate of drug-likeness (QED) is 0.515. The molecule has 0 heterocycles. The highest BCUT2D eigenvalue weighted by atomic mass is 16.5. The molecule has 0 spiro atoms. The van der Waals surface area contributed by atoms with Crippen LogP contribution in [0.2, 0.25) is 0 Å². The molecule has 0 unspecified atom stereocenters. The number of carbonyl (C=O) groups is 2. The van der Waals surface area contributed by atoms with Crippen molar-refractivity contribution in [2.45, 2.75) is 6.92 Å². The number of hydrogen-bond donors (Lipinski definition) is 2. The molecule has 1 aromatic rings. The van der Waals surface area contributed by atoms with E-state index in [-0.39, 0.29) is 0 Å². The standard InChI is InChI=1S/C14H18N2O6/c1-3-22-12-6-10(4-5-11(12)21-2)7-15-16(8-13(17)18)9-14(19)20/h4-7H,3,8-9H2,1-2H3,(H,17,18)(H,19,20)/b15-7-. The molecule has 0 fully saturated rings. The Balaban J connectivity index is 2.91. The van der Waals surface area contributed by atoms with Crippen molar-refractivity contribution in [2.24, 2.45) is 5.10 Å². The van der Waals surface area contributed by atoms with Crippen LogP contribution in [0.1, 0.15) is 12.5 Å². The average molecular weight is 310 g/mol. The number of hydrogen-bond acceptors (Lipinski definition) is 6. The van der Waals surface area contributed by atoms with Gasteiger partial charge in [-0.25, -0.2) is 0 Å². The molecule has 0 aromatic heterocycles. The van der Waals surface area contributed by atoms with Gasteiger partial charge >= 0.3 is 11.9 Å². The van der Waals surface area contributed by atoms with E-state index in [1.54, 1.807) is 18.2 Å². The smallest absolute Gasteiger partial charge is 0.324 e. The predicted octanol–water partition coefficient (Wildman–Crippen LogP) is 0.899. The number of ether oxygens (including phenoxy) is 2. The Hall–Kier alpha value is -2.77. The first kappa shape index (κ1) is 17.3. The summed E-state index contributed by atoms with van der Waals surface area (Å²) in [5.41, 5.74) is 0.630. The summed E-state index contributed by atoms with van der Waals surface area (Å²) in [6.07, 6.45) is 1.37. The minimum absolute atomic E-state index is 0.459. The summed E-state index contributed by atoms with van der Waals surface area (Å²) in [4.78, 5) is 21.4. The Morgan fingerprint density at radius 2 is 1.86 bits per heavy atom. The Bertz CT molecular complexity index is 542. The normalized spacial score (nSPS) is 10.5. The van der Waals surface area contributed by atoms with E-state index >= 15 is 0 Å². The van der Waals surface area contributed by atoms with Crippen LogP contribution in [0.15, 0.2) is 23.3 Å². The van der Waals surface area contributed by atoms with Gasteiger partial charge in [0.15, 0.2) is 11.5 Å². The summed E-state index contributed by atoms with van der Waals surface area (Å²) in [5.74, 6) is -1.24. The van der Waals surface area contributed by atoms with Crippen LogP contribution in [-0.2, 0) is 9.59 Å². The SMILES string of the molecule is CCOc1cc(/C=N\N(CC(=O)O)CC(=O)O)ccc1OC. The predicted molar refractivity (Wildman–Crippen MR) is 78.6 cm³/mol. The van der Waals surface area contributed by atoms with E-state index in [0.29, 0.717) is 23.7 Å². The molecule has 8 heteroatoms. The summed E-state index contributed by atoms with van der Waals surface area (Å²) in [7, 11) is 1.52. The molecule has 0 saturated heterocycles. The molecule has 0 saturated carbocycles. The number of carboxylic acids is 2. The van der Waals surface area contributed by atoms with E-state index < -0.39 is 25.0 Å². The van der Waals surface area contributed by atoms with Crippen molar-refractivity contribution in [2.75, 3.05) is 26.8 Å². The molecule has 2 N–H and O–H groups in total. The summed E-state index contributed by atoms with van der Waals surface area (Å²) in [5, 5.41) is 22.3. The van der Waals surface area contributed by atoms with Crippen LogP contribution >= 0.6 is 0 Å². The largest absolute Gasteiger partial charge is 0.493 e. The molecule has 22 heavy (non-hydrogen) atoms. The molecule has 0 atom stereocenters. The van der Waals surface area contributed by atoms with Crippen molar-refractivity contribution in [3.63, 3.8) is 0 Å². The Kier molecular flexibility index (Phi) is 6.68. The molecular formula is C14H18N2O6. The van der Waals surface area contributed by atoms with Crippen molar-refractivity contribution < 1.29 is 29.3 Å². The second-order valence-electron chi connectivity index (χ2n) is 4.20. The molecule has 0 radical (unpaired) electrons. The Morgan fingerprint density at radius 1 is 1.23 bits per heavy atom. The average Bonchev–Trinajstić information content (AvgIpc) is 2.44. The van der Waals surface area contributed by atoms with E-state index in [2.05, 4.69) is 5.10 Å². The number of rotatable bonds is 9. The van der Waals surface area contributed by atoms with Crippen LogP contribution in [0, 0.1) is 0 Å². The van der Waals surface area contributed by atoms with Crippen molar-refractivity contribution in [3.05, 3.63) is 23.8 Å². The molecule has 120 valence electrons. The second kappa shape index (κ2) is 8.50. The first-order valence-electron chi connectivity index (χ1n) is 6.49. The summed E-state index contributed by atoms with van der Waals surface area (Å²) in [6, 6.07) is 5.06. The topological polar surface area (TPSA) is 109 Å². The lowest BCUT2D eigenvalue weighted by Crippen LogP contribution is -2.30. The van der Waals surface area contributed by atoms with Crippen LogP contribution in [0.25, 0.3) is 0 Å².